The van der Waals surface area contributed by atoms with Crippen LogP contribution in [0.2, 0.25) is 0 Å². The van der Waals surface area contributed by atoms with E-state index in [1.807, 2.05) is 17.8 Å². The van der Waals surface area contributed by atoms with Gasteiger partial charge in [0.05, 0.1) is 6.20 Å². The highest BCUT2D eigenvalue weighted by molar-refractivity contribution is 5.90. The molecule has 25 heavy (non-hydrogen) atoms. The van der Waals surface area contributed by atoms with Crippen LogP contribution in [0.1, 0.15) is 31.7 Å². The lowest BCUT2D eigenvalue weighted by Crippen LogP contribution is -2.45. The van der Waals surface area contributed by atoms with Gasteiger partial charge in [0, 0.05) is 51.3 Å². The number of nitrogens with zero attached hydrogens (tertiary/aromatic N) is 4. The highest BCUT2D eigenvalue weighted by Gasteiger charge is 2.16. The van der Waals surface area contributed by atoms with Gasteiger partial charge in [-0.15, -0.1) is 0 Å². The monoisotopic (exact) mass is 353 g/mol. The smallest absolute Gasteiger partial charge is 0.290 e. The minimum Gasteiger partial charge on any atom is -0.483 e. The predicted molar refractivity (Wildman–Crippen MR) is 97.7 cm³/mol. The molecule has 0 atom stereocenters. The van der Waals surface area contributed by atoms with Crippen molar-refractivity contribution in [1.82, 2.24) is 19.6 Å². The second kappa shape index (κ2) is 11.6. The van der Waals surface area contributed by atoms with Crippen LogP contribution in [-0.4, -0.2) is 76.8 Å². The van der Waals surface area contributed by atoms with Crippen molar-refractivity contribution in [2.24, 2.45) is 0 Å². The van der Waals surface area contributed by atoms with Gasteiger partial charge in [-0.1, -0.05) is 13.3 Å². The number of aryl methyl sites for hydroxylation is 2. The topological polar surface area (TPSA) is 90.7 Å². The zero-order chi connectivity index (χ0) is 18.7. The number of carboxylic acid groups (broad SMARTS) is 1. The molecular formula is C17H31N5O3. The van der Waals surface area contributed by atoms with Gasteiger partial charge in [0.2, 0.25) is 5.91 Å². The number of hydrogen-bond acceptors (Lipinski definition) is 5. The maximum atomic E-state index is 12.2. The highest BCUT2D eigenvalue weighted by atomic mass is 16.3. The molecule has 1 aromatic heterocycles. The number of unbranched alkanes of at least 4 members (excludes halogenated alkanes) is 1. The van der Waals surface area contributed by atoms with Gasteiger partial charge in [0.15, 0.2) is 0 Å². The molecule has 0 unspecified atom stereocenters. The summed E-state index contributed by atoms with van der Waals surface area (Å²) in [5.74, 6) is 0.942. The van der Waals surface area contributed by atoms with E-state index in [1.54, 1.807) is 0 Å². The molecule has 1 fully saturated rings. The fourth-order valence-electron chi connectivity index (χ4n) is 2.64. The van der Waals surface area contributed by atoms with Gasteiger partial charge >= 0.3 is 0 Å². The minimum atomic E-state index is -0.250. The molecule has 142 valence electrons. The Balaban J connectivity index is 0.000000970. The van der Waals surface area contributed by atoms with E-state index in [2.05, 4.69) is 34.2 Å². The lowest BCUT2D eigenvalue weighted by atomic mass is 10.3. The van der Waals surface area contributed by atoms with Crippen molar-refractivity contribution in [2.45, 2.75) is 39.7 Å². The lowest BCUT2D eigenvalue weighted by molar-refractivity contribution is -0.123. The minimum absolute atomic E-state index is 0.0836. The largest absolute Gasteiger partial charge is 0.483 e. The molecule has 0 spiro atoms. The Morgan fingerprint density at radius 2 is 1.96 bits per heavy atom. The van der Waals surface area contributed by atoms with Crippen molar-refractivity contribution in [1.29, 1.82) is 0 Å². The molecule has 2 rings (SSSR count). The Hall–Kier alpha value is -1.93. The summed E-state index contributed by atoms with van der Waals surface area (Å²) in [6.07, 6.45) is 4.56. The van der Waals surface area contributed by atoms with Gasteiger partial charge in [-0.25, -0.2) is 4.68 Å². The maximum absolute atomic E-state index is 12.2. The Morgan fingerprint density at radius 1 is 1.32 bits per heavy atom. The fraction of sp³-hybridized carbons (Fsp3) is 0.706. The third kappa shape index (κ3) is 7.66. The third-order valence-corrected chi connectivity index (χ3v) is 4.25. The van der Waals surface area contributed by atoms with Crippen molar-refractivity contribution >= 4 is 18.2 Å². The zero-order valence-electron chi connectivity index (χ0n) is 15.6. The predicted octanol–water partition coefficient (Wildman–Crippen LogP) is 1.27. The van der Waals surface area contributed by atoms with E-state index in [0.29, 0.717) is 6.42 Å². The molecule has 8 heteroatoms. The third-order valence-electron chi connectivity index (χ3n) is 4.25. The van der Waals surface area contributed by atoms with Gasteiger partial charge in [0.25, 0.3) is 6.47 Å². The van der Waals surface area contributed by atoms with Crippen LogP contribution in [0.3, 0.4) is 0 Å². The van der Waals surface area contributed by atoms with E-state index >= 15 is 0 Å². The first-order chi connectivity index (χ1) is 12.0. The van der Waals surface area contributed by atoms with Crippen LogP contribution in [0.15, 0.2) is 6.20 Å². The Bertz CT molecular complexity index is 524. The van der Waals surface area contributed by atoms with Crippen molar-refractivity contribution < 1.29 is 14.7 Å². The summed E-state index contributed by atoms with van der Waals surface area (Å²) in [6.45, 7) is 9.87. The van der Waals surface area contributed by atoms with Crippen molar-refractivity contribution in [3.05, 3.63) is 11.8 Å². The first-order valence-electron chi connectivity index (χ1n) is 8.82. The Kier molecular flexibility index (Phi) is 9.79. The number of rotatable bonds is 7. The highest BCUT2D eigenvalue weighted by Crippen LogP contribution is 2.15. The number of carbonyl (C=O) groups is 2. The summed E-state index contributed by atoms with van der Waals surface area (Å²) in [5.41, 5.74) is 1.03. The standard InChI is InChI=1S/C16H29N5O.CH2O2/c1-4-5-7-21-16(14(2)13-17-21)18-15(22)6-8-20-11-9-19(3)10-12-20;2-1-3/h13H,4-12H2,1-3H3,(H,18,22);1H,(H,2,3). The summed E-state index contributed by atoms with van der Waals surface area (Å²) in [6, 6.07) is 0. The number of amides is 1. The number of aromatic nitrogens is 2. The molecule has 2 heterocycles. The molecule has 0 bridgehead atoms. The molecule has 8 nitrogen and oxygen atoms in total. The van der Waals surface area contributed by atoms with Crippen molar-refractivity contribution in [3.63, 3.8) is 0 Å². The van der Waals surface area contributed by atoms with Crippen LogP contribution < -0.4 is 5.32 Å². The van der Waals surface area contributed by atoms with Crippen LogP contribution in [0.5, 0.6) is 0 Å². The molecule has 1 aliphatic rings. The zero-order valence-corrected chi connectivity index (χ0v) is 15.6. The summed E-state index contributed by atoms with van der Waals surface area (Å²) >= 11 is 0. The molecule has 0 saturated carbocycles. The van der Waals surface area contributed by atoms with E-state index < -0.39 is 0 Å². The summed E-state index contributed by atoms with van der Waals surface area (Å²) in [4.78, 5) is 25.3. The second-order valence-corrected chi connectivity index (χ2v) is 6.30. The van der Waals surface area contributed by atoms with Crippen LogP contribution in [0.25, 0.3) is 0 Å². The number of hydrogen-bond donors (Lipinski definition) is 2. The van der Waals surface area contributed by atoms with E-state index in [9.17, 15) is 4.79 Å². The fourth-order valence-corrected chi connectivity index (χ4v) is 2.64. The number of carbonyl (C=O) groups excluding carboxylic acids is 1. The van der Waals surface area contributed by atoms with Crippen LogP contribution in [0.4, 0.5) is 5.82 Å². The molecule has 0 aromatic carbocycles. The summed E-state index contributed by atoms with van der Waals surface area (Å²) < 4.78 is 1.91. The molecule has 0 radical (unpaired) electrons. The van der Waals surface area contributed by atoms with Gasteiger partial charge < -0.3 is 20.2 Å². The van der Waals surface area contributed by atoms with Gasteiger partial charge in [-0.2, -0.15) is 5.10 Å². The average molecular weight is 353 g/mol. The van der Waals surface area contributed by atoms with E-state index in [4.69, 9.17) is 9.90 Å². The SMILES string of the molecule is CCCCn1ncc(C)c1NC(=O)CCN1CCN(C)CC1.O=CO. The van der Waals surface area contributed by atoms with Crippen LogP contribution >= 0.6 is 0 Å². The van der Waals surface area contributed by atoms with Gasteiger partial charge in [0.1, 0.15) is 5.82 Å². The van der Waals surface area contributed by atoms with Crippen LogP contribution in [-0.2, 0) is 16.1 Å². The first-order valence-corrected chi connectivity index (χ1v) is 8.82. The number of piperazine rings is 1. The number of likely N-dealkylation sites (N-methyl/N-ethyl adjacent to an activating group) is 1. The number of anilines is 1. The molecule has 1 amide bonds. The molecule has 1 saturated heterocycles. The van der Waals surface area contributed by atoms with Gasteiger partial charge in [-0.3, -0.25) is 9.59 Å². The number of nitrogens with one attached hydrogen (secondary N) is 1. The molecular weight excluding hydrogens is 322 g/mol. The van der Waals surface area contributed by atoms with Crippen molar-refractivity contribution in [3.8, 4) is 0 Å². The van der Waals surface area contributed by atoms with Gasteiger partial charge in [-0.05, 0) is 20.4 Å². The van der Waals surface area contributed by atoms with Crippen LogP contribution in [0, 0.1) is 6.92 Å². The normalized spacial score (nSPS) is 15.3. The molecule has 2 N–H and O–H groups in total. The maximum Gasteiger partial charge on any atom is 0.290 e. The second-order valence-electron chi connectivity index (χ2n) is 6.30. The lowest BCUT2D eigenvalue weighted by Gasteiger charge is -2.32. The summed E-state index contributed by atoms with van der Waals surface area (Å²) in [5, 5.41) is 14.3. The Morgan fingerprint density at radius 3 is 2.56 bits per heavy atom. The Labute approximate surface area is 149 Å². The first kappa shape index (κ1) is 21.1. The quantitative estimate of drug-likeness (QED) is 0.718. The van der Waals surface area contributed by atoms with E-state index in [1.165, 1.54) is 0 Å². The molecule has 1 aromatic rings. The molecule has 0 aliphatic carbocycles. The average Bonchev–Trinajstić information content (AvgIpc) is 2.93. The van der Waals surface area contributed by atoms with E-state index in [-0.39, 0.29) is 12.4 Å². The molecule has 1 aliphatic heterocycles. The van der Waals surface area contributed by atoms with Crippen molar-refractivity contribution in [2.75, 3.05) is 45.1 Å². The van der Waals surface area contributed by atoms with E-state index in [0.717, 1.165) is 63.5 Å². The summed E-state index contributed by atoms with van der Waals surface area (Å²) in [7, 11) is 2.14.